The summed E-state index contributed by atoms with van der Waals surface area (Å²) in [7, 11) is 4.21. The average molecular weight is 262 g/mol. The van der Waals surface area contributed by atoms with Crippen molar-refractivity contribution in [1.29, 1.82) is 0 Å². The zero-order valence-corrected chi connectivity index (χ0v) is 12.6. The third-order valence-electron chi connectivity index (χ3n) is 3.98. The van der Waals surface area contributed by atoms with E-state index in [1.54, 1.807) is 0 Å². The minimum absolute atomic E-state index is 0.0515. The predicted molar refractivity (Wildman–Crippen MR) is 79.7 cm³/mol. The zero-order chi connectivity index (χ0) is 13.9. The van der Waals surface area contributed by atoms with Crippen LogP contribution in [-0.2, 0) is 0 Å². The number of fused-ring (bicyclic) bond motifs is 1. The Morgan fingerprint density at radius 3 is 2.79 bits per heavy atom. The Balaban J connectivity index is 2.12. The summed E-state index contributed by atoms with van der Waals surface area (Å²) in [6.45, 7) is 6.47. The molecule has 0 radical (unpaired) electrons. The Labute approximate surface area is 116 Å². The maximum atomic E-state index is 6.18. The Morgan fingerprint density at radius 2 is 2.11 bits per heavy atom. The van der Waals surface area contributed by atoms with Crippen molar-refractivity contribution in [1.82, 2.24) is 10.2 Å². The first-order valence-corrected chi connectivity index (χ1v) is 7.20. The van der Waals surface area contributed by atoms with Crippen LogP contribution in [0.5, 0.6) is 5.75 Å². The summed E-state index contributed by atoms with van der Waals surface area (Å²) < 4.78 is 6.18. The first-order chi connectivity index (χ1) is 9.04. The molecule has 0 spiro atoms. The molecule has 0 saturated heterocycles. The smallest absolute Gasteiger partial charge is 0.124 e. The number of hydrogen-bond donors (Lipinski definition) is 1. The molecule has 0 bridgehead atoms. The van der Waals surface area contributed by atoms with E-state index in [0.29, 0.717) is 6.04 Å². The van der Waals surface area contributed by atoms with E-state index < -0.39 is 0 Å². The normalized spacial score (nSPS) is 26.1. The van der Waals surface area contributed by atoms with Gasteiger partial charge in [-0.2, -0.15) is 0 Å². The van der Waals surface area contributed by atoms with Crippen molar-refractivity contribution in [2.24, 2.45) is 0 Å². The Morgan fingerprint density at radius 1 is 1.37 bits per heavy atom. The van der Waals surface area contributed by atoms with Gasteiger partial charge in [0.1, 0.15) is 11.4 Å². The minimum Gasteiger partial charge on any atom is -0.487 e. The van der Waals surface area contributed by atoms with E-state index in [4.69, 9.17) is 4.74 Å². The molecule has 19 heavy (non-hydrogen) atoms. The van der Waals surface area contributed by atoms with E-state index in [0.717, 1.165) is 31.7 Å². The van der Waals surface area contributed by atoms with Crippen molar-refractivity contribution in [2.75, 3.05) is 27.2 Å². The number of para-hydroxylation sites is 1. The molecule has 0 fully saturated rings. The highest BCUT2D eigenvalue weighted by Crippen LogP contribution is 2.40. The number of likely N-dealkylation sites (N-methyl/N-ethyl adjacent to an activating group) is 1. The molecule has 0 aromatic heterocycles. The van der Waals surface area contributed by atoms with Crippen LogP contribution < -0.4 is 10.1 Å². The van der Waals surface area contributed by atoms with Gasteiger partial charge in [-0.25, -0.2) is 0 Å². The van der Waals surface area contributed by atoms with E-state index in [1.807, 2.05) is 0 Å². The molecule has 2 rings (SSSR count). The van der Waals surface area contributed by atoms with Gasteiger partial charge < -0.3 is 15.0 Å². The van der Waals surface area contributed by atoms with Crippen molar-refractivity contribution < 1.29 is 4.74 Å². The molecule has 1 aliphatic rings. The van der Waals surface area contributed by atoms with Crippen LogP contribution in [0.4, 0.5) is 0 Å². The van der Waals surface area contributed by atoms with Crippen molar-refractivity contribution in [2.45, 2.75) is 38.3 Å². The third-order valence-corrected chi connectivity index (χ3v) is 3.98. The van der Waals surface area contributed by atoms with Crippen molar-refractivity contribution >= 4 is 0 Å². The van der Waals surface area contributed by atoms with Gasteiger partial charge in [0.05, 0.1) is 0 Å². The molecule has 2 atom stereocenters. The minimum atomic E-state index is -0.0515. The molecule has 1 N–H and O–H groups in total. The van der Waals surface area contributed by atoms with E-state index in [9.17, 15) is 0 Å². The Kier molecular flexibility index (Phi) is 4.48. The first kappa shape index (κ1) is 14.4. The van der Waals surface area contributed by atoms with E-state index >= 15 is 0 Å². The summed E-state index contributed by atoms with van der Waals surface area (Å²) >= 11 is 0. The fraction of sp³-hybridized carbons (Fsp3) is 0.625. The highest BCUT2D eigenvalue weighted by atomic mass is 16.5. The summed E-state index contributed by atoms with van der Waals surface area (Å²) in [6, 6.07) is 8.81. The van der Waals surface area contributed by atoms with Gasteiger partial charge in [0, 0.05) is 31.1 Å². The van der Waals surface area contributed by atoms with Crippen molar-refractivity contribution in [3.8, 4) is 5.75 Å². The number of ether oxygens (including phenoxy) is 1. The van der Waals surface area contributed by atoms with Gasteiger partial charge in [-0.3, -0.25) is 0 Å². The number of nitrogens with one attached hydrogen (secondary N) is 1. The van der Waals surface area contributed by atoms with Crippen LogP contribution in [0.15, 0.2) is 24.3 Å². The Hall–Kier alpha value is -1.06. The summed E-state index contributed by atoms with van der Waals surface area (Å²) in [6.07, 6.45) is 2.07. The third kappa shape index (κ3) is 3.48. The van der Waals surface area contributed by atoms with Gasteiger partial charge in [0.15, 0.2) is 0 Å². The lowest BCUT2D eigenvalue weighted by molar-refractivity contribution is 0.0440. The summed E-state index contributed by atoms with van der Waals surface area (Å²) in [4.78, 5) is 2.21. The average Bonchev–Trinajstić information content (AvgIpc) is 2.38. The van der Waals surface area contributed by atoms with Crippen LogP contribution >= 0.6 is 0 Å². The molecule has 0 aliphatic carbocycles. The summed E-state index contributed by atoms with van der Waals surface area (Å²) in [5, 5.41) is 3.68. The topological polar surface area (TPSA) is 24.5 Å². The molecule has 3 heteroatoms. The van der Waals surface area contributed by atoms with Crippen LogP contribution in [-0.4, -0.2) is 37.7 Å². The zero-order valence-electron chi connectivity index (χ0n) is 12.6. The van der Waals surface area contributed by atoms with Gasteiger partial charge in [0.25, 0.3) is 0 Å². The second-order valence-electron chi connectivity index (χ2n) is 5.96. The lowest BCUT2D eigenvalue weighted by Gasteiger charge is -2.40. The SMILES string of the molecule is CCC1(C)CC(NCCN(C)C)c2ccccc2O1. The van der Waals surface area contributed by atoms with Crippen LogP contribution in [0.25, 0.3) is 0 Å². The van der Waals surface area contributed by atoms with Crippen LogP contribution in [0.2, 0.25) is 0 Å². The van der Waals surface area contributed by atoms with E-state index in [-0.39, 0.29) is 5.60 Å². The van der Waals surface area contributed by atoms with Crippen LogP contribution in [0.1, 0.15) is 38.3 Å². The van der Waals surface area contributed by atoms with Gasteiger partial charge in [-0.15, -0.1) is 0 Å². The lowest BCUT2D eigenvalue weighted by Crippen LogP contribution is -2.42. The number of nitrogens with zero attached hydrogens (tertiary/aromatic N) is 1. The fourth-order valence-corrected chi connectivity index (χ4v) is 2.57. The molecular weight excluding hydrogens is 236 g/mol. The van der Waals surface area contributed by atoms with Crippen LogP contribution in [0.3, 0.4) is 0 Å². The monoisotopic (exact) mass is 262 g/mol. The van der Waals surface area contributed by atoms with E-state index in [2.05, 4.69) is 62.4 Å². The molecule has 0 amide bonds. The van der Waals surface area contributed by atoms with Gasteiger partial charge in [-0.1, -0.05) is 25.1 Å². The number of benzene rings is 1. The second-order valence-corrected chi connectivity index (χ2v) is 5.96. The number of hydrogen-bond acceptors (Lipinski definition) is 3. The maximum Gasteiger partial charge on any atom is 0.124 e. The molecule has 1 aromatic carbocycles. The predicted octanol–water partition coefficient (Wildman–Crippen LogP) is 2.83. The highest BCUT2D eigenvalue weighted by Gasteiger charge is 2.35. The van der Waals surface area contributed by atoms with Crippen LogP contribution in [0, 0.1) is 0 Å². The fourth-order valence-electron chi connectivity index (χ4n) is 2.57. The first-order valence-electron chi connectivity index (χ1n) is 7.20. The lowest BCUT2D eigenvalue weighted by atomic mass is 9.86. The van der Waals surface area contributed by atoms with Crippen molar-refractivity contribution in [3.05, 3.63) is 29.8 Å². The summed E-state index contributed by atoms with van der Waals surface area (Å²) in [5.41, 5.74) is 1.25. The molecule has 3 nitrogen and oxygen atoms in total. The summed E-state index contributed by atoms with van der Waals surface area (Å²) in [5.74, 6) is 1.04. The molecule has 106 valence electrons. The largest absolute Gasteiger partial charge is 0.487 e. The molecule has 1 aliphatic heterocycles. The second kappa shape index (κ2) is 5.93. The standard InChI is InChI=1S/C16H26N2O/c1-5-16(2)12-14(17-10-11-18(3)4)13-8-6-7-9-15(13)19-16/h6-9,14,17H,5,10-12H2,1-4H3. The van der Waals surface area contributed by atoms with Gasteiger partial charge in [-0.05, 0) is 33.5 Å². The van der Waals surface area contributed by atoms with E-state index in [1.165, 1.54) is 5.56 Å². The molecular formula is C16H26N2O. The maximum absolute atomic E-state index is 6.18. The highest BCUT2D eigenvalue weighted by molar-refractivity contribution is 5.38. The van der Waals surface area contributed by atoms with Crippen molar-refractivity contribution in [3.63, 3.8) is 0 Å². The van der Waals surface area contributed by atoms with Gasteiger partial charge in [0.2, 0.25) is 0 Å². The van der Waals surface area contributed by atoms with Gasteiger partial charge >= 0.3 is 0 Å². The number of rotatable bonds is 5. The molecule has 1 heterocycles. The Bertz CT molecular complexity index is 419. The molecule has 0 saturated carbocycles. The quantitative estimate of drug-likeness (QED) is 0.883. The molecule has 1 aromatic rings. The molecule has 2 unspecified atom stereocenters.